The number of hydrogen-bond acceptors (Lipinski definition) is 2. The molecule has 1 fully saturated rings. The molecule has 0 atom stereocenters. The van der Waals surface area contributed by atoms with Crippen molar-refractivity contribution in [1.82, 2.24) is 10.2 Å². The quantitative estimate of drug-likeness (QED) is 0.728. The van der Waals surface area contributed by atoms with Gasteiger partial charge in [0.15, 0.2) is 0 Å². The summed E-state index contributed by atoms with van der Waals surface area (Å²) < 4.78 is 5.98. The van der Waals surface area contributed by atoms with Crippen LogP contribution in [0.25, 0.3) is 0 Å². The fourth-order valence-electron chi connectivity index (χ4n) is 2.93. The van der Waals surface area contributed by atoms with E-state index in [1.807, 2.05) is 32.6 Å². The number of ether oxygens (including phenoxy) is 1. The van der Waals surface area contributed by atoms with Crippen LogP contribution in [0.3, 0.4) is 0 Å². The van der Waals surface area contributed by atoms with E-state index in [1.165, 1.54) is 0 Å². The summed E-state index contributed by atoms with van der Waals surface area (Å²) in [5.41, 5.74) is -0.569. The van der Waals surface area contributed by atoms with E-state index >= 15 is 0 Å². The topological polar surface area (TPSA) is 41.6 Å². The maximum absolute atomic E-state index is 12.3. The Morgan fingerprint density at radius 3 is 2.17 bits per heavy atom. The third-order valence-corrected chi connectivity index (χ3v) is 3.32. The van der Waals surface area contributed by atoms with Crippen molar-refractivity contribution in [2.75, 3.05) is 13.1 Å². The van der Waals surface area contributed by atoms with Gasteiger partial charge in [-0.05, 0) is 40.5 Å². The molecule has 4 heteroatoms. The van der Waals surface area contributed by atoms with Crippen molar-refractivity contribution in [3.05, 3.63) is 12.2 Å². The monoisotopic (exact) mass is 252 g/mol. The number of rotatable bonds is 1. The summed E-state index contributed by atoms with van der Waals surface area (Å²) in [6.45, 7) is 9.41. The first kappa shape index (κ1) is 13.4. The largest absolute Gasteiger partial charge is 0.366 e. The molecule has 0 aromatic carbocycles. The first-order valence-electron chi connectivity index (χ1n) is 6.68. The van der Waals surface area contributed by atoms with Crippen molar-refractivity contribution in [3.8, 4) is 0 Å². The molecule has 1 aliphatic carbocycles. The van der Waals surface area contributed by atoms with Crippen LogP contribution in [0.2, 0.25) is 0 Å². The van der Waals surface area contributed by atoms with E-state index in [1.54, 1.807) is 0 Å². The van der Waals surface area contributed by atoms with Crippen LogP contribution >= 0.6 is 0 Å². The van der Waals surface area contributed by atoms with Gasteiger partial charge in [-0.3, -0.25) is 0 Å². The molecule has 0 bridgehead atoms. The second-order valence-electron chi connectivity index (χ2n) is 6.57. The number of carbonyl (C=O) groups excluding carboxylic acids is 1. The summed E-state index contributed by atoms with van der Waals surface area (Å²) in [5.74, 6) is 0. The highest BCUT2D eigenvalue weighted by atomic mass is 16.5. The molecule has 0 unspecified atom stereocenters. The zero-order valence-corrected chi connectivity index (χ0v) is 11.8. The fraction of sp³-hybridized carbons (Fsp3) is 0.786. The maximum atomic E-state index is 12.3. The highest BCUT2D eigenvalue weighted by Gasteiger charge is 2.40. The zero-order chi connectivity index (χ0) is 13.4. The van der Waals surface area contributed by atoms with Gasteiger partial charge in [0, 0.05) is 6.04 Å². The smallest absolute Gasteiger partial charge is 0.317 e. The predicted octanol–water partition coefficient (Wildman–Crippen LogP) is 2.30. The van der Waals surface area contributed by atoms with Gasteiger partial charge in [-0.15, -0.1) is 0 Å². The van der Waals surface area contributed by atoms with Gasteiger partial charge in [-0.2, -0.15) is 0 Å². The minimum Gasteiger partial charge on any atom is -0.366 e. The Bertz CT molecular complexity index is 337. The summed E-state index contributed by atoms with van der Waals surface area (Å²) in [5, 5.41) is 3.09. The van der Waals surface area contributed by atoms with Gasteiger partial charge >= 0.3 is 6.03 Å². The first-order valence-corrected chi connectivity index (χ1v) is 6.68. The van der Waals surface area contributed by atoms with Crippen molar-refractivity contribution < 1.29 is 9.53 Å². The van der Waals surface area contributed by atoms with E-state index in [4.69, 9.17) is 4.74 Å². The van der Waals surface area contributed by atoms with Crippen molar-refractivity contribution in [2.24, 2.45) is 0 Å². The normalized spacial score (nSPS) is 26.3. The Kier molecular flexibility index (Phi) is 3.41. The Labute approximate surface area is 109 Å². The molecule has 2 rings (SSSR count). The molecule has 4 nitrogen and oxygen atoms in total. The molecule has 2 amide bonds. The molecule has 1 aliphatic heterocycles. The molecular formula is C14H24N2O2. The van der Waals surface area contributed by atoms with Crippen molar-refractivity contribution in [3.63, 3.8) is 0 Å². The van der Waals surface area contributed by atoms with Crippen LogP contribution in [-0.2, 0) is 4.74 Å². The van der Waals surface area contributed by atoms with E-state index in [0.717, 1.165) is 12.8 Å². The highest BCUT2D eigenvalue weighted by Crippen LogP contribution is 2.28. The molecule has 2 aliphatic rings. The van der Waals surface area contributed by atoms with Gasteiger partial charge in [-0.25, -0.2) is 4.79 Å². The Balaban J connectivity index is 1.96. The van der Waals surface area contributed by atoms with Gasteiger partial charge in [0.2, 0.25) is 0 Å². The average molecular weight is 252 g/mol. The fourth-order valence-corrected chi connectivity index (χ4v) is 2.93. The lowest BCUT2D eigenvalue weighted by atomic mass is 9.99. The minimum absolute atomic E-state index is 0.0353. The number of hydrogen-bond donors (Lipinski definition) is 1. The molecule has 102 valence electrons. The Hall–Kier alpha value is -1.03. The van der Waals surface area contributed by atoms with Crippen LogP contribution in [0, 0.1) is 0 Å². The summed E-state index contributed by atoms with van der Waals surface area (Å²) in [6.07, 6.45) is 6.14. The molecule has 0 saturated carbocycles. The number of amides is 2. The summed E-state index contributed by atoms with van der Waals surface area (Å²) >= 11 is 0. The maximum Gasteiger partial charge on any atom is 0.317 e. The van der Waals surface area contributed by atoms with E-state index < -0.39 is 0 Å². The molecule has 18 heavy (non-hydrogen) atoms. The van der Waals surface area contributed by atoms with Gasteiger partial charge < -0.3 is 15.0 Å². The van der Waals surface area contributed by atoms with E-state index in [9.17, 15) is 4.79 Å². The van der Waals surface area contributed by atoms with E-state index in [-0.39, 0.29) is 23.3 Å². The minimum atomic E-state index is -0.285. The van der Waals surface area contributed by atoms with Crippen LogP contribution in [0.4, 0.5) is 4.79 Å². The third-order valence-electron chi connectivity index (χ3n) is 3.32. The van der Waals surface area contributed by atoms with Crippen molar-refractivity contribution in [1.29, 1.82) is 0 Å². The number of nitrogens with zero attached hydrogens (tertiary/aromatic N) is 1. The number of nitrogens with one attached hydrogen (secondary N) is 1. The number of morpholine rings is 1. The lowest BCUT2D eigenvalue weighted by Crippen LogP contribution is -2.61. The van der Waals surface area contributed by atoms with Gasteiger partial charge in [0.25, 0.3) is 0 Å². The predicted molar refractivity (Wildman–Crippen MR) is 71.5 cm³/mol. The molecule has 0 aromatic rings. The molecule has 1 saturated heterocycles. The van der Waals surface area contributed by atoms with E-state index in [0.29, 0.717) is 13.1 Å². The summed E-state index contributed by atoms with van der Waals surface area (Å²) in [6, 6.07) is 0.305. The molecule has 1 heterocycles. The van der Waals surface area contributed by atoms with Crippen molar-refractivity contribution in [2.45, 2.75) is 57.8 Å². The van der Waals surface area contributed by atoms with Gasteiger partial charge in [0.05, 0.1) is 24.3 Å². The molecular weight excluding hydrogens is 228 g/mol. The highest BCUT2D eigenvalue weighted by molar-refractivity contribution is 5.75. The standard InChI is InChI=1S/C14H24N2O2/c1-13(2)9-16(10-14(3,4)18-13)12(17)15-11-7-5-6-8-11/h5-6,11H,7-10H2,1-4H3,(H,15,17). The van der Waals surface area contributed by atoms with Crippen LogP contribution in [0.15, 0.2) is 12.2 Å². The van der Waals surface area contributed by atoms with Crippen molar-refractivity contribution >= 4 is 6.03 Å². The molecule has 0 aromatic heterocycles. The molecule has 0 radical (unpaired) electrons. The average Bonchev–Trinajstić information content (AvgIpc) is 2.65. The van der Waals surface area contributed by atoms with Crippen LogP contribution in [0.5, 0.6) is 0 Å². The van der Waals surface area contributed by atoms with Gasteiger partial charge in [0.1, 0.15) is 0 Å². The van der Waals surface area contributed by atoms with Crippen LogP contribution in [-0.4, -0.2) is 41.3 Å². The third kappa shape index (κ3) is 3.25. The van der Waals surface area contributed by atoms with Crippen LogP contribution < -0.4 is 5.32 Å². The summed E-state index contributed by atoms with van der Waals surface area (Å²) in [4.78, 5) is 14.1. The molecule has 0 spiro atoms. The van der Waals surface area contributed by atoms with Gasteiger partial charge in [-0.1, -0.05) is 12.2 Å². The SMILES string of the molecule is CC1(C)CN(C(=O)NC2CC=CC2)CC(C)(C)O1. The second-order valence-corrected chi connectivity index (χ2v) is 6.57. The lowest BCUT2D eigenvalue weighted by molar-refractivity contribution is -0.170. The second kappa shape index (κ2) is 4.57. The van der Waals surface area contributed by atoms with E-state index in [2.05, 4.69) is 17.5 Å². The lowest BCUT2D eigenvalue weighted by Gasteiger charge is -2.47. The molecule has 1 N–H and O–H groups in total. The first-order chi connectivity index (χ1) is 8.27. The van der Waals surface area contributed by atoms with Crippen LogP contribution in [0.1, 0.15) is 40.5 Å². The Morgan fingerprint density at radius 1 is 1.17 bits per heavy atom. The number of carbonyl (C=O) groups is 1. The zero-order valence-electron chi connectivity index (χ0n) is 11.8. The Morgan fingerprint density at radius 2 is 1.67 bits per heavy atom. The summed E-state index contributed by atoms with van der Waals surface area (Å²) in [7, 11) is 0. The number of urea groups is 1.